The van der Waals surface area contributed by atoms with Crippen molar-refractivity contribution in [1.82, 2.24) is 10.7 Å². The van der Waals surface area contributed by atoms with Gasteiger partial charge in [0.1, 0.15) is 0 Å². The Morgan fingerprint density at radius 1 is 1.40 bits per heavy atom. The highest BCUT2D eigenvalue weighted by Gasteiger charge is 1.97. The second kappa shape index (κ2) is 5.92. The third-order valence-corrected chi connectivity index (χ3v) is 2.28. The van der Waals surface area contributed by atoms with Crippen molar-refractivity contribution in [2.45, 2.75) is 19.9 Å². The number of hydrazine groups is 1. The van der Waals surface area contributed by atoms with E-state index in [1.54, 1.807) is 0 Å². The summed E-state index contributed by atoms with van der Waals surface area (Å²) in [6, 6.07) is 8.16. The van der Waals surface area contributed by atoms with E-state index in [1.165, 1.54) is 0 Å². The zero-order chi connectivity index (χ0) is 11.3. The first-order valence-electron chi connectivity index (χ1n) is 4.66. The van der Waals surface area contributed by atoms with Crippen LogP contribution in [0, 0.1) is 0 Å². The van der Waals surface area contributed by atoms with Gasteiger partial charge in [0, 0.05) is 10.5 Å². The van der Waals surface area contributed by atoms with Crippen LogP contribution >= 0.6 is 28.1 Å². The van der Waals surface area contributed by atoms with E-state index in [9.17, 15) is 0 Å². The average molecular weight is 288 g/mol. The molecule has 1 aromatic carbocycles. The standard InChI is InChI=1S/C10H14BrN3S/c1-7(2)12-10(15)14-13-9-5-3-4-8(11)6-9/h3-7,13H,1-2H3,(H2,12,14,15). The minimum Gasteiger partial charge on any atom is -0.359 e. The van der Waals surface area contributed by atoms with Crippen molar-refractivity contribution in [2.24, 2.45) is 0 Å². The molecule has 0 heterocycles. The van der Waals surface area contributed by atoms with Crippen molar-refractivity contribution in [2.75, 3.05) is 5.43 Å². The zero-order valence-corrected chi connectivity index (χ0v) is 11.1. The predicted octanol–water partition coefficient (Wildman–Crippen LogP) is 2.65. The Kier molecular flexibility index (Phi) is 4.84. The fourth-order valence-corrected chi connectivity index (χ4v) is 1.68. The van der Waals surface area contributed by atoms with Crippen LogP contribution in [0.2, 0.25) is 0 Å². The third kappa shape index (κ3) is 4.99. The lowest BCUT2D eigenvalue weighted by Crippen LogP contribution is -2.41. The average Bonchev–Trinajstić information content (AvgIpc) is 2.14. The summed E-state index contributed by atoms with van der Waals surface area (Å²) in [7, 11) is 0. The van der Waals surface area contributed by atoms with Gasteiger partial charge in [-0.15, -0.1) is 0 Å². The van der Waals surface area contributed by atoms with Crippen LogP contribution in [0.1, 0.15) is 13.8 Å². The lowest BCUT2D eigenvalue weighted by Gasteiger charge is -2.14. The van der Waals surface area contributed by atoms with Gasteiger partial charge in [0.2, 0.25) is 0 Å². The van der Waals surface area contributed by atoms with E-state index in [-0.39, 0.29) is 0 Å². The molecule has 0 radical (unpaired) electrons. The fourth-order valence-electron chi connectivity index (χ4n) is 0.993. The van der Waals surface area contributed by atoms with Crippen molar-refractivity contribution < 1.29 is 0 Å². The van der Waals surface area contributed by atoms with Crippen molar-refractivity contribution in [3.8, 4) is 0 Å². The molecule has 3 N–H and O–H groups in total. The first kappa shape index (κ1) is 12.3. The van der Waals surface area contributed by atoms with Crippen LogP contribution in [-0.2, 0) is 0 Å². The molecule has 82 valence electrons. The molecule has 5 heteroatoms. The Labute approximate surface area is 104 Å². The van der Waals surface area contributed by atoms with Gasteiger partial charge in [-0.05, 0) is 44.3 Å². The quantitative estimate of drug-likeness (QED) is 0.590. The largest absolute Gasteiger partial charge is 0.359 e. The molecule has 0 aliphatic heterocycles. The van der Waals surface area contributed by atoms with Gasteiger partial charge in [-0.25, -0.2) is 0 Å². The maximum Gasteiger partial charge on any atom is 0.185 e. The van der Waals surface area contributed by atoms with E-state index in [0.717, 1.165) is 10.2 Å². The predicted molar refractivity (Wildman–Crippen MR) is 71.8 cm³/mol. The Morgan fingerprint density at radius 3 is 2.73 bits per heavy atom. The lowest BCUT2D eigenvalue weighted by molar-refractivity contribution is 0.724. The Bertz CT molecular complexity index is 341. The maximum absolute atomic E-state index is 5.07. The molecule has 0 amide bonds. The monoisotopic (exact) mass is 287 g/mol. The first-order valence-corrected chi connectivity index (χ1v) is 5.86. The maximum atomic E-state index is 5.07. The second-order valence-corrected chi connectivity index (χ2v) is 4.71. The number of anilines is 1. The molecule has 1 aromatic rings. The summed E-state index contributed by atoms with van der Waals surface area (Å²) in [5.74, 6) is 0. The van der Waals surface area contributed by atoms with Gasteiger partial charge in [0.15, 0.2) is 5.11 Å². The van der Waals surface area contributed by atoms with Gasteiger partial charge in [-0.2, -0.15) is 0 Å². The van der Waals surface area contributed by atoms with Crippen LogP contribution < -0.4 is 16.2 Å². The highest BCUT2D eigenvalue weighted by molar-refractivity contribution is 9.10. The number of halogens is 1. The number of rotatable bonds is 3. The molecule has 0 unspecified atom stereocenters. The SMILES string of the molecule is CC(C)NC(=S)NNc1cccc(Br)c1. The number of thiocarbonyl (C=S) groups is 1. The smallest absolute Gasteiger partial charge is 0.185 e. The van der Waals surface area contributed by atoms with Crippen LogP contribution in [0.5, 0.6) is 0 Å². The Hall–Kier alpha value is -0.810. The van der Waals surface area contributed by atoms with E-state index in [2.05, 4.69) is 32.1 Å². The summed E-state index contributed by atoms with van der Waals surface area (Å²) in [5.41, 5.74) is 6.87. The number of hydrogen-bond acceptors (Lipinski definition) is 2. The molecular weight excluding hydrogens is 274 g/mol. The normalized spacial score (nSPS) is 9.87. The summed E-state index contributed by atoms with van der Waals surface area (Å²) in [5, 5.41) is 3.66. The van der Waals surface area contributed by atoms with Crippen molar-refractivity contribution in [3.63, 3.8) is 0 Å². The third-order valence-electron chi connectivity index (χ3n) is 1.56. The highest BCUT2D eigenvalue weighted by Crippen LogP contribution is 2.14. The molecule has 1 rings (SSSR count). The Morgan fingerprint density at radius 2 is 2.13 bits per heavy atom. The minimum atomic E-state index is 0.328. The van der Waals surface area contributed by atoms with Crippen LogP contribution in [0.15, 0.2) is 28.7 Å². The van der Waals surface area contributed by atoms with Crippen molar-refractivity contribution in [1.29, 1.82) is 0 Å². The van der Waals surface area contributed by atoms with Gasteiger partial charge < -0.3 is 5.32 Å². The molecule has 3 nitrogen and oxygen atoms in total. The highest BCUT2D eigenvalue weighted by atomic mass is 79.9. The van der Waals surface area contributed by atoms with Gasteiger partial charge in [-0.1, -0.05) is 22.0 Å². The Balaban J connectivity index is 2.40. The fraction of sp³-hybridized carbons (Fsp3) is 0.300. The number of hydrogen-bond donors (Lipinski definition) is 3. The van der Waals surface area contributed by atoms with E-state index in [4.69, 9.17) is 12.2 Å². The van der Waals surface area contributed by atoms with E-state index in [0.29, 0.717) is 11.2 Å². The van der Waals surface area contributed by atoms with Crippen LogP contribution in [-0.4, -0.2) is 11.2 Å². The van der Waals surface area contributed by atoms with Crippen LogP contribution in [0.25, 0.3) is 0 Å². The number of nitrogens with one attached hydrogen (secondary N) is 3. The van der Waals surface area contributed by atoms with Crippen LogP contribution in [0.4, 0.5) is 5.69 Å². The van der Waals surface area contributed by atoms with E-state index in [1.807, 2.05) is 38.1 Å². The molecule has 0 aromatic heterocycles. The molecular formula is C10H14BrN3S. The summed E-state index contributed by atoms with van der Waals surface area (Å²) in [6.45, 7) is 4.07. The summed E-state index contributed by atoms with van der Waals surface area (Å²) >= 11 is 8.46. The molecule has 15 heavy (non-hydrogen) atoms. The number of benzene rings is 1. The molecule has 0 atom stereocenters. The van der Waals surface area contributed by atoms with E-state index >= 15 is 0 Å². The minimum absolute atomic E-state index is 0.328. The van der Waals surface area contributed by atoms with Crippen molar-refractivity contribution in [3.05, 3.63) is 28.7 Å². The van der Waals surface area contributed by atoms with Gasteiger partial charge in [0.05, 0.1) is 5.69 Å². The zero-order valence-electron chi connectivity index (χ0n) is 8.67. The summed E-state index contributed by atoms with van der Waals surface area (Å²) in [4.78, 5) is 0. The molecule has 0 spiro atoms. The second-order valence-electron chi connectivity index (χ2n) is 3.39. The van der Waals surface area contributed by atoms with Crippen molar-refractivity contribution >= 4 is 38.9 Å². The summed E-state index contributed by atoms with van der Waals surface area (Å²) in [6.07, 6.45) is 0. The topological polar surface area (TPSA) is 36.1 Å². The molecule has 0 aliphatic carbocycles. The molecule has 0 saturated heterocycles. The molecule has 0 fully saturated rings. The molecule has 0 saturated carbocycles. The molecule has 0 bridgehead atoms. The van der Waals surface area contributed by atoms with Gasteiger partial charge in [0.25, 0.3) is 0 Å². The first-order chi connectivity index (χ1) is 7.08. The van der Waals surface area contributed by atoms with Gasteiger partial charge in [-0.3, -0.25) is 10.9 Å². The molecule has 0 aliphatic rings. The van der Waals surface area contributed by atoms with Gasteiger partial charge >= 0.3 is 0 Å². The summed E-state index contributed by atoms with van der Waals surface area (Å²) < 4.78 is 1.03. The lowest BCUT2D eigenvalue weighted by atomic mass is 10.3. The van der Waals surface area contributed by atoms with E-state index < -0.39 is 0 Å². The van der Waals surface area contributed by atoms with Crippen LogP contribution in [0.3, 0.4) is 0 Å².